The van der Waals surface area contributed by atoms with Crippen LogP contribution < -0.4 is 5.32 Å². The smallest absolute Gasteiger partial charge is 0.323 e. The van der Waals surface area contributed by atoms with Gasteiger partial charge in [-0.05, 0) is 17.7 Å². The highest BCUT2D eigenvalue weighted by atomic mass is 16.5. The van der Waals surface area contributed by atoms with Gasteiger partial charge in [0.15, 0.2) is 0 Å². The number of hydrogen-bond donors (Lipinski definition) is 4. The first-order chi connectivity index (χ1) is 12.6. The molecule has 0 saturated heterocycles. The summed E-state index contributed by atoms with van der Waals surface area (Å²) >= 11 is 0. The number of benzene rings is 2. The lowest BCUT2D eigenvalue weighted by Gasteiger charge is -2.30. The second-order valence-corrected chi connectivity index (χ2v) is 6.91. The lowest BCUT2D eigenvalue weighted by molar-refractivity contribution is -0.143. The first kappa shape index (κ1) is 15.3. The summed E-state index contributed by atoms with van der Waals surface area (Å²) in [6.45, 7) is 0. The van der Waals surface area contributed by atoms with Gasteiger partial charge in [-0.2, -0.15) is 0 Å². The summed E-state index contributed by atoms with van der Waals surface area (Å²) in [4.78, 5) is 15.7. The molecular weight excluding hydrogens is 332 g/mol. The first-order valence-electron chi connectivity index (χ1n) is 8.58. The Bertz CT molecular complexity index is 1070. The third kappa shape index (κ3) is 2.05. The quantitative estimate of drug-likeness (QED) is 0.329. The molecule has 6 nitrogen and oxygen atoms in total. The number of esters is 1. The van der Waals surface area contributed by atoms with Crippen LogP contribution in [0, 0.1) is 0 Å². The number of methoxy groups -OCH3 is 1. The van der Waals surface area contributed by atoms with Crippen molar-refractivity contribution in [2.24, 2.45) is 0 Å². The summed E-state index contributed by atoms with van der Waals surface area (Å²) < 4.78 is 4.94. The summed E-state index contributed by atoms with van der Waals surface area (Å²) in [5, 5.41) is 25.1. The van der Waals surface area contributed by atoms with Gasteiger partial charge in [0.05, 0.1) is 13.2 Å². The van der Waals surface area contributed by atoms with Crippen molar-refractivity contribution in [1.82, 2.24) is 10.3 Å². The van der Waals surface area contributed by atoms with E-state index >= 15 is 0 Å². The van der Waals surface area contributed by atoms with Crippen LogP contribution in [0.4, 0.5) is 0 Å². The van der Waals surface area contributed by atoms with E-state index in [-0.39, 0.29) is 17.5 Å². The van der Waals surface area contributed by atoms with E-state index < -0.39 is 12.1 Å². The van der Waals surface area contributed by atoms with Gasteiger partial charge in [-0.15, -0.1) is 0 Å². The maximum atomic E-state index is 12.2. The zero-order valence-corrected chi connectivity index (χ0v) is 14.2. The Kier molecular flexibility index (Phi) is 3.09. The molecule has 0 radical (unpaired) electrons. The van der Waals surface area contributed by atoms with E-state index in [1.165, 1.54) is 7.11 Å². The van der Waals surface area contributed by atoms with Crippen LogP contribution in [0.15, 0.2) is 30.3 Å². The Morgan fingerprint density at radius 2 is 2.00 bits per heavy atom. The van der Waals surface area contributed by atoms with Crippen molar-refractivity contribution in [2.75, 3.05) is 7.11 Å². The molecule has 5 rings (SSSR count). The summed E-state index contributed by atoms with van der Waals surface area (Å²) in [5.41, 5.74) is 5.05. The van der Waals surface area contributed by atoms with E-state index in [9.17, 15) is 15.0 Å². The molecule has 132 valence electrons. The lowest BCUT2D eigenvalue weighted by Crippen LogP contribution is -2.45. The van der Waals surface area contributed by atoms with Gasteiger partial charge < -0.3 is 19.9 Å². The van der Waals surface area contributed by atoms with Crippen molar-refractivity contribution in [1.29, 1.82) is 0 Å². The van der Waals surface area contributed by atoms with Crippen molar-refractivity contribution in [3.63, 3.8) is 0 Å². The number of nitrogens with one attached hydrogen (secondary N) is 2. The minimum Gasteiger partial charge on any atom is -0.508 e. The number of para-hydroxylation sites is 1. The predicted octanol–water partition coefficient (Wildman–Crippen LogP) is 2.26. The van der Waals surface area contributed by atoms with E-state index in [1.54, 1.807) is 6.07 Å². The standard InChI is InChI=1S/C20H18N2O4/c1-26-20(25)15-7-11-9-4-2-3-5-14(9)21-17(11)18(22-15)13-8-16(23)10-6-12(10)19(13)24/h2-5,8,15,18,21-24H,6-7H2,1H3/t15-,18-/m0/s1. The second kappa shape index (κ2) is 5.25. The molecule has 2 aliphatic rings. The number of carbonyl (C=O) groups excluding carboxylic acids is 1. The Hall–Kier alpha value is -2.99. The molecule has 2 aromatic carbocycles. The molecule has 0 bridgehead atoms. The van der Waals surface area contributed by atoms with Crippen LogP contribution in [0.25, 0.3) is 10.9 Å². The molecular formula is C20H18N2O4. The molecule has 1 aromatic heterocycles. The second-order valence-electron chi connectivity index (χ2n) is 6.91. The highest BCUT2D eigenvalue weighted by Crippen LogP contribution is 2.48. The SMILES string of the molecule is COC(=O)[C@@H]1Cc2c([nH]c3ccccc23)[C@H](c2cc(O)c3c(c2O)C3)N1. The zero-order valence-electron chi connectivity index (χ0n) is 14.2. The van der Waals surface area contributed by atoms with E-state index in [0.717, 1.165) is 33.3 Å². The van der Waals surface area contributed by atoms with Crippen molar-refractivity contribution < 1.29 is 19.7 Å². The molecule has 3 aromatic rings. The number of phenols is 2. The fraction of sp³-hybridized carbons (Fsp3) is 0.250. The average Bonchev–Trinajstić information content (AvgIpc) is 3.39. The first-order valence-corrected chi connectivity index (χ1v) is 8.58. The van der Waals surface area contributed by atoms with Crippen LogP contribution in [0.3, 0.4) is 0 Å². The molecule has 0 spiro atoms. The third-order valence-corrected chi connectivity index (χ3v) is 5.46. The van der Waals surface area contributed by atoms with Crippen LogP contribution in [0.5, 0.6) is 11.5 Å². The van der Waals surface area contributed by atoms with Gasteiger partial charge in [0.2, 0.25) is 0 Å². The van der Waals surface area contributed by atoms with E-state index in [0.29, 0.717) is 18.4 Å². The lowest BCUT2D eigenvalue weighted by atomic mass is 9.90. The maximum absolute atomic E-state index is 12.2. The number of phenolic OH excluding ortho intramolecular Hbond substituents is 2. The molecule has 1 aliphatic carbocycles. The predicted molar refractivity (Wildman–Crippen MR) is 95.4 cm³/mol. The van der Waals surface area contributed by atoms with Crippen LogP contribution >= 0.6 is 0 Å². The summed E-state index contributed by atoms with van der Waals surface area (Å²) in [7, 11) is 1.37. The number of aromatic hydroxyl groups is 2. The monoisotopic (exact) mass is 350 g/mol. The topological polar surface area (TPSA) is 94.6 Å². The molecule has 2 heterocycles. The Morgan fingerprint density at radius 1 is 1.19 bits per heavy atom. The van der Waals surface area contributed by atoms with Crippen LogP contribution in [0.2, 0.25) is 0 Å². The largest absolute Gasteiger partial charge is 0.508 e. The Balaban J connectivity index is 1.71. The number of carbonyl (C=O) groups is 1. The molecule has 4 N–H and O–H groups in total. The van der Waals surface area contributed by atoms with Gasteiger partial charge in [0, 0.05) is 46.1 Å². The summed E-state index contributed by atoms with van der Waals surface area (Å²) in [6.07, 6.45) is 1.10. The van der Waals surface area contributed by atoms with Gasteiger partial charge in [0.1, 0.15) is 17.5 Å². The normalized spacial score (nSPS) is 20.5. The summed E-state index contributed by atoms with van der Waals surface area (Å²) in [5.74, 6) is 0.0271. The van der Waals surface area contributed by atoms with Gasteiger partial charge in [0.25, 0.3) is 0 Å². The average molecular weight is 350 g/mol. The molecule has 0 amide bonds. The van der Waals surface area contributed by atoms with Crippen molar-refractivity contribution in [2.45, 2.75) is 24.9 Å². The number of fused-ring (bicyclic) bond motifs is 4. The Labute approximate surface area is 149 Å². The number of H-pyrrole nitrogens is 1. The molecule has 2 atom stereocenters. The van der Waals surface area contributed by atoms with Gasteiger partial charge >= 0.3 is 5.97 Å². The highest BCUT2D eigenvalue weighted by molar-refractivity contribution is 5.87. The molecule has 0 saturated carbocycles. The van der Waals surface area contributed by atoms with E-state index in [1.807, 2.05) is 24.3 Å². The van der Waals surface area contributed by atoms with Crippen molar-refractivity contribution >= 4 is 16.9 Å². The van der Waals surface area contributed by atoms with Crippen LogP contribution in [0.1, 0.15) is 34.0 Å². The van der Waals surface area contributed by atoms with Crippen molar-refractivity contribution in [3.8, 4) is 11.5 Å². The molecule has 0 fully saturated rings. The minimum absolute atomic E-state index is 0.186. The molecule has 0 unspecified atom stereocenters. The number of aromatic amines is 1. The van der Waals surface area contributed by atoms with Crippen LogP contribution in [-0.2, 0) is 22.4 Å². The molecule has 26 heavy (non-hydrogen) atoms. The van der Waals surface area contributed by atoms with Gasteiger partial charge in [-0.25, -0.2) is 0 Å². The van der Waals surface area contributed by atoms with Crippen LogP contribution in [-0.4, -0.2) is 34.3 Å². The summed E-state index contributed by atoms with van der Waals surface area (Å²) in [6, 6.07) is 8.55. The Morgan fingerprint density at radius 3 is 2.81 bits per heavy atom. The highest BCUT2D eigenvalue weighted by Gasteiger charge is 2.38. The number of aromatic nitrogens is 1. The zero-order chi connectivity index (χ0) is 18.0. The number of rotatable bonds is 2. The molecule has 6 heteroatoms. The maximum Gasteiger partial charge on any atom is 0.323 e. The third-order valence-electron chi connectivity index (χ3n) is 5.46. The minimum atomic E-state index is -0.526. The fourth-order valence-corrected chi connectivity index (χ4v) is 4.08. The van der Waals surface area contributed by atoms with Crippen molar-refractivity contribution in [3.05, 3.63) is 58.3 Å². The number of ether oxygens (including phenoxy) is 1. The van der Waals surface area contributed by atoms with Gasteiger partial charge in [-0.1, -0.05) is 18.2 Å². The van der Waals surface area contributed by atoms with Gasteiger partial charge in [-0.3, -0.25) is 10.1 Å². The molecule has 1 aliphatic heterocycles. The number of hydrogen-bond acceptors (Lipinski definition) is 5. The fourth-order valence-electron chi connectivity index (χ4n) is 4.08. The van der Waals surface area contributed by atoms with E-state index in [4.69, 9.17) is 4.74 Å². The van der Waals surface area contributed by atoms with E-state index in [2.05, 4.69) is 10.3 Å².